The third-order valence-electron chi connectivity index (χ3n) is 6.07. The van der Waals surface area contributed by atoms with Gasteiger partial charge in [0.25, 0.3) is 0 Å². The number of aliphatic hydroxyl groups excluding tert-OH is 1. The molecule has 2 aliphatic rings. The molecule has 196 valence electrons. The molecule has 4 atom stereocenters. The molecule has 0 bridgehead atoms. The molecule has 2 aromatic heterocycles. The van der Waals surface area contributed by atoms with E-state index in [0.29, 0.717) is 17.2 Å². The maximum Gasteiger partial charge on any atom is 0.340 e. The maximum atomic E-state index is 11.9. The zero-order chi connectivity index (χ0) is 25.4. The largest absolute Gasteiger partial charge is 0.390 e. The van der Waals surface area contributed by atoms with E-state index in [-0.39, 0.29) is 23.9 Å². The van der Waals surface area contributed by atoms with Crippen molar-refractivity contribution in [3.05, 3.63) is 17.2 Å². The third kappa shape index (κ3) is 6.78. The number of methoxy groups -OCH3 is 1. The number of nitrogens with zero attached hydrogens (tertiary/aromatic N) is 4. The van der Waals surface area contributed by atoms with Crippen LogP contribution >= 0.6 is 26.8 Å². The number of nitrogens with one attached hydrogen (secondary N) is 1. The highest BCUT2D eigenvalue weighted by Crippen LogP contribution is 2.55. The smallest absolute Gasteiger partial charge is 0.340 e. The van der Waals surface area contributed by atoms with Gasteiger partial charge >= 0.3 is 15.2 Å². The molecule has 14 nitrogen and oxygen atoms in total. The van der Waals surface area contributed by atoms with Crippen molar-refractivity contribution in [3.63, 3.8) is 0 Å². The van der Waals surface area contributed by atoms with Crippen molar-refractivity contribution >= 4 is 38.3 Å². The fourth-order valence-electron chi connectivity index (χ4n) is 4.36. The van der Waals surface area contributed by atoms with Gasteiger partial charge < -0.3 is 39.1 Å². The molecule has 1 saturated heterocycles. The summed E-state index contributed by atoms with van der Waals surface area (Å²) < 4.78 is 40.4. The van der Waals surface area contributed by atoms with Crippen LogP contribution in [0.4, 0.5) is 5.82 Å². The Hall–Kier alpha value is -1.18. The van der Waals surface area contributed by atoms with Crippen molar-refractivity contribution in [1.82, 2.24) is 19.6 Å². The van der Waals surface area contributed by atoms with Gasteiger partial charge in [0, 0.05) is 19.6 Å². The zero-order valence-electron chi connectivity index (χ0n) is 18.8. The highest BCUT2D eigenvalue weighted by atomic mass is 35.5. The minimum atomic E-state index is -4.76. The Balaban J connectivity index is 1.46. The predicted molar refractivity (Wildman–Crippen MR) is 123 cm³/mol. The normalized spacial score (nSPS) is 29.4. The fourth-order valence-corrected chi connectivity index (χ4v) is 7.09. The summed E-state index contributed by atoms with van der Waals surface area (Å²) in [7, 11) is -7.63. The highest BCUT2D eigenvalue weighted by molar-refractivity contribution is 7.70. The lowest BCUT2D eigenvalue weighted by atomic mass is 9.93. The highest BCUT2D eigenvalue weighted by Gasteiger charge is 2.39. The van der Waals surface area contributed by atoms with Crippen LogP contribution in [-0.4, -0.2) is 83.3 Å². The molecule has 1 saturated carbocycles. The monoisotopic (exact) mass is 555 g/mol. The second kappa shape index (κ2) is 10.7. The van der Waals surface area contributed by atoms with E-state index in [1.807, 2.05) is 0 Å². The van der Waals surface area contributed by atoms with Gasteiger partial charge in [-0.3, -0.25) is 9.13 Å². The van der Waals surface area contributed by atoms with Crippen LogP contribution in [0.3, 0.4) is 0 Å². The number of imidazole rings is 1. The maximum absolute atomic E-state index is 11.9. The van der Waals surface area contributed by atoms with Gasteiger partial charge in [-0.15, -0.1) is 5.10 Å². The quantitative estimate of drug-likeness (QED) is 0.280. The van der Waals surface area contributed by atoms with Gasteiger partial charge in [0.2, 0.25) is 5.28 Å². The molecule has 35 heavy (non-hydrogen) atoms. The minimum absolute atomic E-state index is 0.0121. The summed E-state index contributed by atoms with van der Waals surface area (Å²) in [4.78, 5) is 36.2. The lowest BCUT2D eigenvalue weighted by Crippen LogP contribution is -2.29. The number of halogens is 1. The molecule has 2 fully saturated rings. The van der Waals surface area contributed by atoms with Crippen LogP contribution in [0.15, 0.2) is 6.20 Å². The number of aliphatic hydroxyl groups is 1. The molecule has 1 unspecified atom stereocenters. The number of hydrogen-bond donors (Lipinski definition) is 5. The van der Waals surface area contributed by atoms with Crippen molar-refractivity contribution in [1.29, 1.82) is 0 Å². The topological polar surface area (TPSA) is 198 Å². The van der Waals surface area contributed by atoms with Crippen molar-refractivity contribution in [3.8, 4) is 0 Å². The average Bonchev–Trinajstić information content (AvgIpc) is 3.34. The van der Waals surface area contributed by atoms with Gasteiger partial charge in [-0.25, -0.2) is 9.50 Å². The number of anilines is 1. The van der Waals surface area contributed by atoms with Crippen molar-refractivity contribution < 1.29 is 42.9 Å². The molecule has 0 amide bonds. The van der Waals surface area contributed by atoms with E-state index in [1.54, 1.807) is 7.11 Å². The van der Waals surface area contributed by atoms with Crippen LogP contribution < -0.4 is 5.32 Å². The third-order valence-corrected chi connectivity index (χ3v) is 9.68. The summed E-state index contributed by atoms with van der Waals surface area (Å²) in [5.41, 5.74) is 0.914. The Morgan fingerprint density at radius 3 is 2.63 bits per heavy atom. The number of hydrogen-bond acceptors (Lipinski definition) is 10. The fraction of sp³-hybridized carbons (Fsp3) is 0.722. The molecule has 4 rings (SSSR count). The van der Waals surface area contributed by atoms with E-state index >= 15 is 0 Å². The van der Waals surface area contributed by atoms with Gasteiger partial charge in [0.1, 0.15) is 12.2 Å². The number of aromatic nitrogens is 4. The first-order valence-corrected chi connectivity index (χ1v) is 14.9. The second-order valence-electron chi connectivity index (χ2n) is 8.71. The Bertz CT molecular complexity index is 1140. The zero-order valence-corrected chi connectivity index (χ0v) is 21.3. The van der Waals surface area contributed by atoms with Crippen LogP contribution in [0, 0.1) is 0 Å². The molecule has 1 aliphatic carbocycles. The molecular weight excluding hydrogens is 528 g/mol. The molecular formula is C18H28ClN5O9P2. The van der Waals surface area contributed by atoms with Gasteiger partial charge in [-0.2, -0.15) is 4.98 Å². The number of rotatable bonds is 9. The van der Waals surface area contributed by atoms with Crippen LogP contribution in [0.5, 0.6) is 0 Å². The van der Waals surface area contributed by atoms with Gasteiger partial charge in [0.05, 0.1) is 30.7 Å². The van der Waals surface area contributed by atoms with E-state index in [2.05, 4.69) is 20.4 Å². The van der Waals surface area contributed by atoms with Crippen molar-refractivity contribution in [2.24, 2.45) is 0 Å². The SMILES string of the molecule is COC1CCC(Nc2nc(Cl)nn3c([C@H]4C[C@H](O)[C@@H](COP(=O)(O)CP(=O)(O)O)O4)cnc23)CC1. The Morgan fingerprint density at radius 1 is 1.26 bits per heavy atom. The van der Waals surface area contributed by atoms with Crippen molar-refractivity contribution in [2.45, 2.75) is 62.6 Å². The lowest BCUT2D eigenvalue weighted by molar-refractivity contribution is -0.0198. The standard InChI is InChI=1S/C18H28ClN5O9P2/c1-31-11-4-2-10(3-5-11)21-16-17-20-7-12(24(17)23-18(19)22-16)14-6-13(25)15(33-14)8-32-35(29,30)9-34(26,27)28/h7,10-11,13-15,25H,2-6,8-9H2,1H3,(H,29,30)(H,21,22,23)(H2,26,27,28)/t10?,11?,13-,14+,15+/m0/s1. The summed E-state index contributed by atoms with van der Waals surface area (Å²) in [6, 6.07) is 0.171. The van der Waals surface area contributed by atoms with Crippen LogP contribution in [-0.2, 0) is 23.1 Å². The van der Waals surface area contributed by atoms with E-state index in [1.165, 1.54) is 10.7 Å². The first-order chi connectivity index (χ1) is 16.4. The first kappa shape index (κ1) is 26.9. The summed E-state index contributed by atoms with van der Waals surface area (Å²) in [5, 5.41) is 18.0. The Morgan fingerprint density at radius 2 is 1.97 bits per heavy atom. The van der Waals surface area contributed by atoms with Gasteiger partial charge in [0.15, 0.2) is 17.4 Å². The lowest BCUT2D eigenvalue weighted by Gasteiger charge is -2.28. The molecule has 2 aromatic rings. The average molecular weight is 556 g/mol. The van der Waals surface area contributed by atoms with E-state index in [4.69, 9.17) is 35.4 Å². The minimum Gasteiger partial charge on any atom is -0.390 e. The summed E-state index contributed by atoms with van der Waals surface area (Å²) in [6.45, 7) is -0.533. The Labute approximate surface area is 205 Å². The summed E-state index contributed by atoms with van der Waals surface area (Å²) in [5.74, 6) is -0.855. The summed E-state index contributed by atoms with van der Waals surface area (Å²) >= 11 is 6.17. The van der Waals surface area contributed by atoms with E-state index in [9.17, 15) is 19.1 Å². The van der Waals surface area contributed by atoms with Gasteiger partial charge in [-0.1, -0.05) is 0 Å². The summed E-state index contributed by atoms with van der Waals surface area (Å²) in [6.07, 6.45) is 2.78. The molecule has 3 heterocycles. The van der Waals surface area contributed by atoms with Crippen LogP contribution in [0.1, 0.15) is 43.9 Å². The van der Waals surface area contributed by atoms with Crippen LogP contribution in [0.2, 0.25) is 5.28 Å². The second-order valence-corrected chi connectivity index (χ2v) is 13.0. The van der Waals surface area contributed by atoms with E-state index in [0.717, 1.165) is 25.7 Å². The molecule has 0 spiro atoms. The van der Waals surface area contributed by atoms with E-state index < -0.39 is 46.0 Å². The molecule has 5 N–H and O–H groups in total. The van der Waals surface area contributed by atoms with Crippen LogP contribution in [0.25, 0.3) is 5.65 Å². The van der Waals surface area contributed by atoms with Crippen molar-refractivity contribution in [2.75, 3.05) is 24.9 Å². The molecule has 17 heteroatoms. The number of fused-ring (bicyclic) bond motifs is 1. The predicted octanol–water partition coefficient (Wildman–Crippen LogP) is 1.68. The Kier molecular flexibility index (Phi) is 8.19. The molecule has 1 aliphatic heterocycles. The van der Waals surface area contributed by atoms with Gasteiger partial charge in [-0.05, 0) is 37.3 Å². The molecule has 0 aromatic carbocycles. The number of ether oxygens (including phenoxy) is 2. The molecule has 0 radical (unpaired) electrons. The first-order valence-electron chi connectivity index (χ1n) is 11.0.